The van der Waals surface area contributed by atoms with Crippen LogP contribution in [0.15, 0.2) is 42.5 Å². The zero-order chi connectivity index (χ0) is 11.1. The van der Waals surface area contributed by atoms with Gasteiger partial charge in [0.1, 0.15) is 0 Å². The van der Waals surface area contributed by atoms with Crippen LogP contribution in [-0.4, -0.2) is 13.5 Å². The third-order valence-corrected chi connectivity index (χ3v) is 1.82. The summed E-state index contributed by atoms with van der Waals surface area (Å²) in [5.74, 6) is 0. The lowest BCUT2D eigenvalue weighted by Crippen LogP contribution is -2.12. The summed E-state index contributed by atoms with van der Waals surface area (Å²) in [5, 5.41) is 0. The van der Waals surface area contributed by atoms with E-state index in [1.165, 1.54) is 0 Å². The standard InChI is InChI=1S/C11H11BF3/c13-11(14,15)8-4-5-9-12-10-6-2-1-3-7-10/h1-4,6-8H,5,9H2. The van der Waals surface area contributed by atoms with E-state index in [1.54, 1.807) is 0 Å². The number of hydrogen-bond acceptors (Lipinski definition) is 0. The molecular weight excluding hydrogens is 200 g/mol. The molecule has 0 saturated carbocycles. The predicted molar refractivity (Wildman–Crippen MR) is 56.4 cm³/mol. The SMILES string of the molecule is FC(F)(F)C=CCC[B]c1ccccc1. The van der Waals surface area contributed by atoms with Gasteiger partial charge >= 0.3 is 6.18 Å². The van der Waals surface area contributed by atoms with Crippen LogP contribution in [0.1, 0.15) is 6.42 Å². The van der Waals surface area contributed by atoms with Gasteiger partial charge in [-0.3, -0.25) is 0 Å². The Balaban J connectivity index is 2.21. The van der Waals surface area contributed by atoms with Gasteiger partial charge in [-0.15, -0.1) is 0 Å². The third-order valence-electron chi connectivity index (χ3n) is 1.82. The summed E-state index contributed by atoms with van der Waals surface area (Å²) in [6.07, 6.45) is -1.72. The van der Waals surface area contributed by atoms with Crippen LogP contribution in [0.4, 0.5) is 13.2 Å². The van der Waals surface area contributed by atoms with Gasteiger partial charge in [0.2, 0.25) is 0 Å². The third kappa shape index (κ3) is 5.99. The van der Waals surface area contributed by atoms with Crippen molar-refractivity contribution in [1.82, 2.24) is 0 Å². The van der Waals surface area contributed by atoms with Gasteiger partial charge in [0.05, 0.1) is 0 Å². The minimum atomic E-state index is -4.19. The van der Waals surface area contributed by atoms with E-state index in [0.29, 0.717) is 12.7 Å². The summed E-state index contributed by atoms with van der Waals surface area (Å²) < 4.78 is 35.1. The molecule has 79 valence electrons. The first-order valence-electron chi connectivity index (χ1n) is 4.70. The molecule has 4 heteroatoms. The van der Waals surface area contributed by atoms with Crippen LogP contribution in [0.3, 0.4) is 0 Å². The van der Waals surface area contributed by atoms with Crippen LogP contribution in [0.25, 0.3) is 0 Å². The Morgan fingerprint density at radius 3 is 2.40 bits per heavy atom. The smallest absolute Gasteiger partial charge is 0.167 e. The van der Waals surface area contributed by atoms with Gasteiger partial charge in [0.25, 0.3) is 0 Å². The van der Waals surface area contributed by atoms with Gasteiger partial charge in [-0.2, -0.15) is 13.2 Å². The fourth-order valence-corrected chi connectivity index (χ4v) is 1.15. The van der Waals surface area contributed by atoms with E-state index in [-0.39, 0.29) is 6.08 Å². The lowest BCUT2D eigenvalue weighted by atomic mass is 9.66. The first-order valence-corrected chi connectivity index (χ1v) is 4.70. The molecule has 0 saturated heterocycles. The van der Waals surface area contributed by atoms with Crippen molar-refractivity contribution in [3.63, 3.8) is 0 Å². The lowest BCUT2D eigenvalue weighted by Gasteiger charge is -1.98. The molecule has 0 bridgehead atoms. The number of benzene rings is 1. The van der Waals surface area contributed by atoms with Crippen LogP contribution >= 0.6 is 0 Å². The molecule has 1 aromatic carbocycles. The van der Waals surface area contributed by atoms with Crippen LogP contribution in [-0.2, 0) is 0 Å². The summed E-state index contributed by atoms with van der Waals surface area (Å²) in [6, 6.07) is 9.55. The van der Waals surface area contributed by atoms with Gasteiger partial charge in [0.15, 0.2) is 7.28 Å². The first-order chi connectivity index (χ1) is 7.08. The van der Waals surface area contributed by atoms with Crippen molar-refractivity contribution in [3.05, 3.63) is 42.5 Å². The van der Waals surface area contributed by atoms with Crippen molar-refractivity contribution in [3.8, 4) is 0 Å². The predicted octanol–water partition coefficient (Wildman–Crippen LogP) is 2.94. The van der Waals surface area contributed by atoms with Gasteiger partial charge in [-0.05, 0) is 6.42 Å². The van der Waals surface area contributed by atoms with Gasteiger partial charge < -0.3 is 0 Å². The van der Waals surface area contributed by atoms with E-state index in [0.717, 1.165) is 11.5 Å². The molecule has 0 unspecified atom stereocenters. The molecule has 1 radical (unpaired) electrons. The molecule has 0 fully saturated rings. The van der Waals surface area contributed by atoms with E-state index in [1.807, 2.05) is 37.6 Å². The van der Waals surface area contributed by atoms with Crippen LogP contribution in [0, 0.1) is 0 Å². The molecule has 0 nitrogen and oxygen atoms in total. The minimum absolute atomic E-state index is 0.284. The second-order valence-corrected chi connectivity index (χ2v) is 3.14. The number of alkyl halides is 3. The largest absolute Gasteiger partial charge is 0.409 e. The van der Waals surface area contributed by atoms with Crippen LogP contribution in [0.2, 0.25) is 6.32 Å². The summed E-state index contributed by atoms with van der Waals surface area (Å²) in [6.45, 7) is 0. The summed E-state index contributed by atoms with van der Waals surface area (Å²) in [7, 11) is 1.92. The molecule has 0 aliphatic rings. The van der Waals surface area contributed by atoms with Gasteiger partial charge in [0, 0.05) is 6.08 Å². The molecule has 0 atom stereocenters. The van der Waals surface area contributed by atoms with E-state index in [2.05, 4.69) is 0 Å². The maximum Gasteiger partial charge on any atom is 0.409 e. The fourth-order valence-electron chi connectivity index (χ4n) is 1.15. The summed E-state index contributed by atoms with van der Waals surface area (Å²) in [5.41, 5.74) is 1.04. The number of halogens is 3. The highest BCUT2D eigenvalue weighted by molar-refractivity contribution is 6.53. The molecule has 0 N–H and O–H groups in total. The molecular formula is C11H11BF3. The van der Waals surface area contributed by atoms with E-state index in [9.17, 15) is 13.2 Å². The number of rotatable bonds is 4. The zero-order valence-electron chi connectivity index (χ0n) is 8.17. The molecule has 15 heavy (non-hydrogen) atoms. The van der Waals surface area contributed by atoms with E-state index < -0.39 is 6.18 Å². The summed E-state index contributed by atoms with van der Waals surface area (Å²) >= 11 is 0. The highest BCUT2D eigenvalue weighted by atomic mass is 19.4. The maximum atomic E-state index is 11.7. The highest BCUT2D eigenvalue weighted by Gasteiger charge is 2.21. The second kappa shape index (κ2) is 5.64. The van der Waals surface area contributed by atoms with Crippen molar-refractivity contribution in [2.24, 2.45) is 0 Å². The Labute approximate surface area is 88.1 Å². The van der Waals surface area contributed by atoms with Crippen LogP contribution < -0.4 is 5.46 Å². The van der Waals surface area contributed by atoms with Gasteiger partial charge in [-0.25, -0.2) is 0 Å². The molecule has 0 aliphatic heterocycles. The topological polar surface area (TPSA) is 0 Å². The average molecular weight is 211 g/mol. The molecule has 1 rings (SSSR count). The van der Waals surface area contributed by atoms with Crippen molar-refractivity contribution in [2.45, 2.75) is 18.9 Å². The highest BCUT2D eigenvalue weighted by Crippen LogP contribution is 2.16. The monoisotopic (exact) mass is 211 g/mol. The van der Waals surface area contributed by atoms with E-state index >= 15 is 0 Å². The maximum absolute atomic E-state index is 11.7. The minimum Gasteiger partial charge on any atom is -0.167 e. The normalized spacial score (nSPS) is 11.9. The Morgan fingerprint density at radius 2 is 1.80 bits per heavy atom. The van der Waals surface area contributed by atoms with Crippen molar-refractivity contribution >= 4 is 12.7 Å². The van der Waals surface area contributed by atoms with Crippen molar-refractivity contribution in [2.75, 3.05) is 0 Å². The Kier molecular flexibility index (Phi) is 4.47. The number of hydrogen-bond donors (Lipinski definition) is 0. The molecule has 0 amide bonds. The molecule has 0 aliphatic carbocycles. The number of allylic oxidation sites excluding steroid dienone is 2. The first kappa shape index (κ1) is 11.9. The summed E-state index contributed by atoms with van der Waals surface area (Å²) in [4.78, 5) is 0. The Morgan fingerprint density at radius 1 is 1.13 bits per heavy atom. The molecule has 1 aromatic rings. The van der Waals surface area contributed by atoms with Crippen LogP contribution in [0.5, 0.6) is 0 Å². The Bertz CT molecular complexity index is 303. The van der Waals surface area contributed by atoms with Crippen molar-refractivity contribution in [1.29, 1.82) is 0 Å². The average Bonchev–Trinajstić information content (AvgIpc) is 2.17. The molecule has 0 aromatic heterocycles. The van der Waals surface area contributed by atoms with Gasteiger partial charge in [-0.1, -0.05) is 48.2 Å². The second-order valence-electron chi connectivity index (χ2n) is 3.14. The van der Waals surface area contributed by atoms with E-state index in [4.69, 9.17) is 0 Å². The fraction of sp³-hybridized carbons (Fsp3) is 0.273. The van der Waals surface area contributed by atoms with Crippen molar-refractivity contribution < 1.29 is 13.2 Å². The quantitative estimate of drug-likeness (QED) is 0.408. The molecule has 0 heterocycles. The Hall–Kier alpha value is -1.19. The zero-order valence-corrected chi connectivity index (χ0v) is 8.17. The molecule has 0 spiro atoms. The lowest BCUT2D eigenvalue weighted by molar-refractivity contribution is -0.0800.